The summed E-state index contributed by atoms with van der Waals surface area (Å²) in [7, 11) is 0. The van der Waals surface area contributed by atoms with Gasteiger partial charge in [-0.2, -0.15) is 5.10 Å². The Labute approximate surface area is 118 Å². The Balaban J connectivity index is 1.68. The van der Waals surface area contributed by atoms with Crippen LogP contribution < -0.4 is 0 Å². The van der Waals surface area contributed by atoms with Gasteiger partial charge in [0.1, 0.15) is 5.76 Å². The predicted molar refractivity (Wildman–Crippen MR) is 77.1 cm³/mol. The van der Waals surface area contributed by atoms with Crippen molar-refractivity contribution in [1.82, 2.24) is 9.78 Å². The highest BCUT2D eigenvalue weighted by atomic mass is 16.3. The molecule has 0 bridgehead atoms. The van der Waals surface area contributed by atoms with Crippen LogP contribution in [-0.4, -0.2) is 15.7 Å². The van der Waals surface area contributed by atoms with E-state index in [4.69, 9.17) is 4.42 Å². The van der Waals surface area contributed by atoms with Crippen LogP contribution in [0.2, 0.25) is 0 Å². The minimum Gasteiger partial charge on any atom is -0.465 e. The van der Waals surface area contributed by atoms with Crippen LogP contribution in [0.4, 0.5) is 0 Å². The predicted octanol–water partition coefficient (Wildman–Crippen LogP) is 3.87. The minimum absolute atomic E-state index is 0.127. The summed E-state index contributed by atoms with van der Waals surface area (Å²) in [5.41, 5.74) is 0.769. The molecular weight excluding hydrogens is 252 g/mol. The first-order valence-electron chi connectivity index (χ1n) is 7.14. The van der Waals surface area contributed by atoms with Crippen molar-refractivity contribution >= 4 is 18.1 Å². The third-order valence-corrected chi connectivity index (χ3v) is 3.75. The lowest BCUT2D eigenvalue weighted by Gasteiger charge is -2.19. The van der Waals surface area contributed by atoms with Crippen molar-refractivity contribution in [2.45, 2.75) is 32.1 Å². The molecule has 1 aliphatic carbocycles. The second-order valence-corrected chi connectivity index (χ2v) is 5.21. The van der Waals surface area contributed by atoms with E-state index < -0.39 is 0 Å². The molecule has 1 saturated carbocycles. The summed E-state index contributed by atoms with van der Waals surface area (Å²) < 4.78 is 6.70. The number of rotatable bonds is 3. The van der Waals surface area contributed by atoms with E-state index in [9.17, 15) is 4.79 Å². The zero-order valence-corrected chi connectivity index (χ0v) is 11.4. The second kappa shape index (κ2) is 5.90. The van der Waals surface area contributed by atoms with Crippen LogP contribution in [0.5, 0.6) is 0 Å². The van der Waals surface area contributed by atoms with Gasteiger partial charge in [0.05, 0.1) is 12.0 Å². The van der Waals surface area contributed by atoms with Crippen LogP contribution in [0, 0.1) is 5.92 Å². The van der Waals surface area contributed by atoms with E-state index in [0.29, 0.717) is 0 Å². The summed E-state index contributed by atoms with van der Waals surface area (Å²) in [5.74, 6) is 1.05. The van der Waals surface area contributed by atoms with E-state index >= 15 is 0 Å². The molecule has 4 nitrogen and oxygen atoms in total. The lowest BCUT2D eigenvalue weighted by Crippen LogP contribution is -2.24. The second-order valence-electron chi connectivity index (χ2n) is 5.21. The van der Waals surface area contributed by atoms with Gasteiger partial charge in [0, 0.05) is 12.1 Å². The van der Waals surface area contributed by atoms with Gasteiger partial charge < -0.3 is 4.42 Å². The van der Waals surface area contributed by atoms with Crippen molar-refractivity contribution < 1.29 is 9.21 Å². The molecule has 0 radical (unpaired) electrons. The molecular formula is C16H18N2O2. The Morgan fingerprint density at radius 2 is 2.10 bits per heavy atom. The SMILES string of the molecule is O=C(C1CCCCC1)n1ccc(C=Cc2ccco2)n1. The molecule has 3 rings (SSSR count). The van der Waals surface area contributed by atoms with Crippen molar-refractivity contribution in [2.75, 3.05) is 0 Å². The first kappa shape index (κ1) is 12.9. The molecule has 1 fully saturated rings. The summed E-state index contributed by atoms with van der Waals surface area (Å²) >= 11 is 0. The largest absolute Gasteiger partial charge is 0.465 e. The molecule has 2 heterocycles. The van der Waals surface area contributed by atoms with Gasteiger partial charge >= 0.3 is 0 Å². The highest BCUT2D eigenvalue weighted by Gasteiger charge is 2.22. The lowest BCUT2D eigenvalue weighted by atomic mass is 9.89. The smallest absolute Gasteiger partial charge is 0.249 e. The van der Waals surface area contributed by atoms with Crippen molar-refractivity contribution in [3.8, 4) is 0 Å². The third-order valence-electron chi connectivity index (χ3n) is 3.75. The lowest BCUT2D eigenvalue weighted by molar-refractivity contribution is 0.0784. The Kier molecular flexibility index (Phi) is 3.81. The van der Waals surface area contributed by atoms with Crippen LogP contribution in [-0.2, 0) is 0 Å². The van der Waals surface area contributed by atoms with Crippen LogP contribution in [0.3, 0.4) is 0 Å². The zero-order valence-electron chi connectivity index (χ0n) is 11.4. The molecule has 4 heteroatoms. The van der Waals surface area contributed by atoms with E-state index in [1.54, 1.807) is 12.5 Å². The Morgan fingerprint density at radius 3 is 2.85 bits per heavy atom. The van der Waals surface area contributed by atoms with Crippen molar-refractivity contribution in [3.05, 3.63) is 42.1 Å². The van der Waals surface area contributed by atoms with Crippen molar-refractivity contribution in [1.29, 1.82) is 0 Å². The molecule has 1 aliphatic rings. The molecule has 0 atom stereocenters. The fourth-order valence-corrected chi connectivity index (χ4v) is 2.64. The molecule has 0 N–H and O–H groups in total. The maximum absolute atomic E-state index is 12.3. The number of carbonyl (C=O) groups excluding carboxylic acids is 1. The molecule has 0 aliphatic heterocycles. The van der Waals surface area contributed by atoms with E-state index in [2.05, 4.69) is 5.10 Å². The first-order valence-corrected chi connectivity index (χ1v) is 7.14. The summed E-state index contributed by atoms with van der Waals surface area (Å²) in [5, 5.41) is 4.32. The number of nitrogens with zero attached hydrogens (tertiary/aromatic N) is 2. The van der Waals surface area contributed by atoms with E-state index in [1.807, 2.05) is 30.4 Å². The highest BCUT2D eigenvalue weighted by molar-refractivity contribution is 5.81. The quantitative estimate of drug-likeness (QED) is 0.850. The van der Waals surface area contributed by atoms with Crippen LogP contribution in [0.15, 0.2) is 35.1 Å². The summed E-state index contributed by atoms with van der Waals surface area (Å²) in [6.07, 6.45) is 12.6. The third kappa shape index (κ3) is 2.90. The minimum atomic E-state index is 0.127. The standard InChI is InChI=1S/C16H18N2O2/c19-16(13-5-2-1-3-6-13)18-11-10-14(17-18)8-9-15-7-4-12-20-15/h4,7-13H,1-3,5-6H2. The number of furan rings is 1. The molecule has 2 aromatic rings. The van der Waals surface area contributed by atoms with Crippen LogP contribution >= 0.6 is 0 Å². The number of carbonyl (C=O) groups is 1. The van der Waals surface area contributed by atoms with Gasteiger partial charge in [-0.15, -0.1) is 0 Å². The summed E-state index contributed by atoms with van der Waals surface area (Å²) in [6.45, 7) is 0. The number of aromatic nitrogens is 2. The van der Waals surface area contributed by atoms with Gasteiger partial charge in [-0.05, 0) is 43.2 Å². The average molecular weight is 270 g/mol. The summed E-state index contributed by atoms with van der Waals surface area (Å²) in [6, 6.07) is 5.56. The van der Waals surface area contributed by atoms with Gasteiger partial charge in [0.2, 0.25) is 5.91 Å². The molecule has 0 spiro atoms. The van der Waals surface area contributed by atoms with Crippen molar-refractivity contribution in [3.63, 3.8) is 0 Å². The molecule has 2 aromatic heterocycles. The highest BCUT2D eigenvalue weighted by Crippen LogP contribution is 2.24. The molecule has 0 amide bonds. The number of hydrogen-bond donors (Lipinski definition) is 0. The number of hydrogen-bond acceptors (Lipinski definition) is 3. The van der Waals surface area contributed by atoms with Gasteiger partial charge in [0.15, 0.2) is 0 Å². The summed E-state index contributed by atoms with van der Waals surface area (Å²) in [4.78, 5) is 12.3. The van der Waals surface area contributed by atoms with E-state index in [-0.39, 0.29) is 11.8 Å². The Hall–Kier alpha value is -2.10. The molecule has 0 unspecified atom stereocenters. The first-order chi connectivity index (χ1) is 9.83. The molecule has 20 heavy (non-hydrogen) atoms. The van der Waals surface area contributed by atoms with Gasteiger partial charge in [-0.1, -0.05) is 19.3 Å². The average Bonchev–Trinajstić information content (AvgIpc) is 3.17. The fraction of sp³-hybridized carbons (Fsp3) is 0.375. The van der Waals surface area contributed by atoms with Gasteiger partial charge in [-0.3, -0.25) is 4.79 Å². The van der Waals surface area contributed by atoms with E-state index in [0.717, 1.165) is 37.1 Å². The van der Waals surface area contributed by atoms with Gasteiger partial charge in [0.25, 0.3) is 0 Å². The Bertz CT molecular complexity index is 590. The van der Waals surface area contributed by atoms with Crippen LogP contribution in [0.25, 0.3) is 12.2 Å². The zero-order chi connectivity index (χ0) is 13.8. The molecule has 104 valence electrons. The maximum Gasteiger partial charge on any atom is 0.249 e. The van der Waals surface area contributed by atoms with E-state index in [1.165, 1.54) is 11.1 Å². The van der Waals surface area contributed by atoms with Crippen LogP contribution in [0.1, 0.15) is 48.4 Å². The maximum atomic E-state index is 12.3. The Morgan fingerprint density at radius 1 is 1.25 bits per heavy atom. The fourth-order valence-electron chi connectivity index (χ4n) is 2.64. The topological polar surface area (TPSA) is 48.0 Å². The van der Waals surface area contributed by atoms with Gasteiger partial charge in [-0.25, -0.2) is 4.68 Å². The molecule has 0 saturated heterocycles. The normalized spacial score (nSPS) is 16.8. The molecule has 0 aromatic carbocycles. The monoisotopic (exact) mass is 270 g/mol. The van der Waals surface area contributed by atoms with Crippen molar-refractivity contribution in [2.24, 2.45) is 5.92 Å².